The summed E-state index contributed by atoms with van der Waals surface area (Å²) in [5, 5.41) is 0.706. The predicted octanol–water partition coefficient (Wildman–Crippen LogP) is 4.25. The van der Waals surface area contributed by atoms with Crippen molar-refractivity contribution in [2.75, 3.05) is 6.61 Å². The summed E-state index contributed by atoms with van der Waals surface area (Å²) >= 11 is 1.43. The molecule has 0 aliphatic heterocycles. The third-order valence-corrected chi connectivity index (χ3v) is 5.95. The number of rotatable bonds is 7. The molecule has 0 aliphatic carbocycles. The highest BCUT2D eigenvalue weighted by atomic mass is 32.2. The molecule has 0 saturated carbocycles. The van der Waals surface area contributed by atoms with Crippen LogP contribution in [0.3, 0.4) is 0 Å². The van der Waals surface area contributed by atoms with E-state index in [9.17, 15) is 17.2 Å². The molecule has 0 radical (unpaired) electrons. The zero-order valence-electron chi connectivity index (χ0n) is 13.8. The summed E-state index contributed by atoms with van der Waals surface area (Å²) in [6, 6.07) is 11.0. The molecule has 0 unspecified atom stereocenters. The summed E-state index contributed by atoms with van der Waals surface area (Å²) < 4.78 is 53.3. The van der Waals surface area contributed by atoms with E-state index in [0.29, 0.717) is 17.5 Å². The van der Waals surface area contributed by atoms with Gasteiger partial charge in [0.2, 0.25) is 9.84 Å². The number of thioether (sulfide) groups is 1. The number of H-pyrrole nitrogens is 1. The van der Waals surface area contributed by atoms with Crippen molar-refractivity contribution in [3.05, 3.63) is 48.0 Å². The standard InChI is InChI=1S/C17H16F2N2O3S2/c1-2-24-12-5-8-14-15(9-12)21-17(20-14)25-10-11-3-6-13(7-4-11)26(22,23)16(18)19/h3-9,16H,2,10H2,1H3,(H,20,21). The number of ether oxygens (including phenoxy) is 1. The van der Waals surface area contributed by atoms with Crippen LogP contribution in [0.2, 0.25) is 0 Å². The van der Waals surface area contributed by atoms with Crippen LogP contribution in [0.15, 0.2) is 52.5 Å². The second-order valence-electron chi connectivity index (χ2n) is 5.39. The lowest BCUT2D eigenvalue weighted by Crippen LogP contribution is -2.11. The Morgan fingerprint density at radius 1 is 1.19 bits per heavy atom. The minimum Gasteiger partial charge on any atom is -0.494 e. The van der Waals surface area contributed by atoms with Gasteiger partial charge in [0, 0.05) is 11.8 Å². The molecule has 0 aliphatic rings. The number of aromatic nitrogens is 2. The molecule has 0 atom stereocenters. The van der Waals surface area contributed by atoms with Gasteiger partial charge in [-0.1, -0.05) is 23.9 Å². The summed E-state index contributed by atoms with van der Waals surface area (Å²) in [5.41, 5.74) is 2.48. The second-order valence-corrected chi connectivity index (χ2v) is 8.27. The number of aromatic amines is 1. The maximum atomic E-state index is 12.5. The average molecular weight is 398 g/mol. The van der Waals surface area contributed by atoms with E-state index in [2.05, 4.69) is 9.97 Å². The second kappa shape index (κ2) is 7.63. The number of hydrogen-bond donors (Lipinski definition) is 1. The fraction of sp³-hybridized carbons (Fsp3) is 0.235. The number of sulfone groups is 1. The van der Waals surface area contributed by atoms with E-state index in [1.165, 1.54) is 36.0 Å². The summed E-state index contributed by atoms with van der Waals surface area (Å²) in [6.07, 6.45) is 0. The zero-order chi connectivity index (χ0) is 18.7. The van der Waals surface area contributed by atoms with Gasteiger partial charge in [-0.15, -0.1) is 0 Å². The first-order chi connectivity index (χ1) is 12.4. The lowest BCUT2D eigenvalue weighted by molar-refractivity contribution is 0.234. The Hall–Kier alpha value is -2.13. The number of hydrogen-bond acceptors (Lipinski definition) is 5. The summed E-state index contributed by atoms with van der Waals surface area (Å²) in [6.45, 7) is 2.49. The highest BCUT2D eigenvalue weighted by molar-refractivity contribution is 7.98. The van der Waals surface area contributed by atoms with E-state index >= 15 is 0 Å². The zero-order valence-corrected chi connectivity index (χ0v) is 15.4. The minimum atomic E-state index is -4.56. The first kappa shape index (κ1) is 18.7. The number of benzene rings is 2. The van der Waals surface area contributed by atoms with Gasteiger partial charge in [-0.25, -0.2) is 13.4 Å². The van der Waals surface area contributed by atoms with Crippen molar-refractivity contribution >= 4 is 32.6 Å². The Kier molecular flexibility index (Phi) is 5.47. The SMILES string of the molecule is CCOc1ccc2nc(SCc3ccc(S(=O)(=O)C(F)F)cc3)[nH]c2c1. The normalized spacial score (nSPS) is 12.0. The minimum absolute atomic E-state index is 0.381. The van der Waals surface area contributed by atoms with E-state index in [4.69, 9.17) is 4.74 Å². The average Bonchev–Trinajstić information content (AvgIpc) is 3.02. The molecular weight excluding hydrogens is 382 g/mol. The molecule has 1 aromatic heterocycles. The van der Waals surface area contributed by atoms with E-state index in [0.717, 1.165) is 22.3 Å². The molecule has 0 spiro atoms. The molecule has 5 nitrogen and oxygen atoms in total. The Bertz CT molecular complexity index is 1000. The van der Waals surface area contributed by atoms with Gasteiger partial charge in [0.15, 0.2) is 5.16 Å². The van der Waals surface area contributed by atoms with Crippen molar-refractivity contribution < 1.29 is 21.9 Å². The Morgan fingerprint density at radius 2 is 1.92 bits per heavy atom. The predicted molar refractivity (Wildman–Crippen MR) is 96.5 cm³/mol. The van der Waals surface area contributed by atoms with Gasteiger partial charge in [-0.2, -0.15) is 8.78 Å². The summed E-state index contributed by atoms with van der Waals surface area (Å²) in [4.78, 5) is 7.28. The lowest BCUT2D eigenvalue weighted by Gasteiger charge is -2.04. The van der Waals surface area contributed by atoms with Crippen LogP contribution in [0.5, 0.6) is 5.75 Å². The van der Waals surface area contributed by atoms with Gasteiger partial charge < -0.3 is 9.72 Å². The van der Waals surface area contributed by atoms with Gasteiger partial charge in [0.05, 0.1) is 22.5 Å². The highest BCUT2D eigenvalue weighted by Gasteiger charge is 2.26. The monoisotopic (exact) mass is 398 g/mol. The van der Waals surface area contributed by atoms with Crippen LogP contribution in [0.1, 0.15) is 12.5 Å². The molecule has 26 heavy (non-hydrogen) atoms. The van der Waals surface area contributed by atoms with Crippen LogP contribution >= 0.6 is 11.8 Å². The summed E-state index contributed by atoms with van der Waals surface area (Å²) in [7, 11) is -4.56. The van der Waals surface area contributed by atoms with Crippen LogP contribution in [-0.4, -0.2) is 30.8 Å². The smallest absolute Gasteiger partial charge is 0.341 e. The van der Waals surface area contributed by atoms with E-state index in [1.54, 1.807) is 0 Å². The van der Waals surface area contributed by atoms with Crippen LogP contribution in [0, 0.1) is 0 Å². The van der Waals surface area contributed by atoms with Crippen molar-refractivity contribution in [1.82, 2.24) is 9.97 Å². The fourth-order valence-electron chi connectivity index (χ4n) is 2.32. The van der Waals surface area contributed by atoms with Crippen LogP contribution in [0.4, 0.5) is 8.78 Å². The maximum absolute atomic E-state index is 12.5. The van der Waals surface area contributed by atoms with Crippen molar-refractivity contribution in [2.24, 2.45) is 0 Å². The van der Waals surface area contributed by atoms with Gasteiger partial charge in [0.25, 0.3) is 0 Å². The molecule has 9 heteroatoms. The van der Waals surface area contributed by atoms with Crippen molar-refractivity contribution in [1.29, 1.82) is 0 Å². The first-order valence-corrected chi connectivity index (χ1v) is 10.3. The number of halogens is 2. The van der Waals surface area contributed by atoms with Crippen LogP contribution < -0.4 is 4.74 Å². The Labute approximate surface area is 153 Å². The lowest BCUT2D eigenvalue weighted by atomic mass is 10.2. The number of nitrogens with one attached hydrogen (secondary N) is 1. The molecule has 0 bridgehead atoms. The van der Waals surface area contributed by atoms with Gasteiger partial charge in [-0.05, 0) is 36.8 Å². The molecule has 0 saturated heterocycles. The molecule has 138 valence electrons. The number of fused-ring (bicyclic) bond motifs is 1. The fourth-order valence-corrected chi connectivity index (χ4v) is 3.88. The number of nitrogens with zero attached hydrogens (tertiary/aromatic N) is 1. The van der Waals surface area contributed by atoms with E-state index in [1.807, 2.05) is 25.1 Å². The topological polar surface area (TPSA) is 72.0 Å². The number of imidazole rings is 1. The molecule has 1 heterocycles. The van der Waals surface area contributed by atoms with Gasteiger partial charge in [-0.3, -0.25) is 0 Å². The molecule has 3 aromatic rings. The highest BCUT2D eigenvalue weighted by Crippen LogP contribution is 2.26. The van der Waals surface area contributed by atoms with Crippen molar-refractivity contribution in [2.45, 2.75) is 28.5 Å². The van der Waals surface area contributed by atoms with Gasteiger partial charge in [0.1, 0.15) is 5.75 Å². The van der Waals surface area contributed by atoms with Crippen LogP contribution in [-0.2, 0) is 15.6 Å². The number of alkyl halides is 2. The van der Waals surface area contributed by atoms with Crippen molar-refractivity contribution in [3.8, 4) is 5.75 Å². The first-order valence-electron chi connectivity index (χ1n) is 7.76. The maximum Gasteiger partial charge on any atom is 0.341 e. The van der Waals surface area contributed by atoms with Crippen molar-refractivity contribution in [3.63, 3.8) is 0 Å². The van der Waals surface area contributed by atoms with Crippen LogP contribution in [0.25, 0.3) is 11.0 Å². The molecule has 1 N–H and O–H groups in total. The third-order valence-electron chi connectivity index (χ3n) is 3.60. The molecule has 0 fully saturated rings. The van der Waals surface area contributed by atoms with Gasteiger partial charge >= 0.3 is 5.76 Å². The molecule has 2 aromatic carbocycles. The van der Waals surface area contributed by atoms with E-state index < -0.39 is 15.6 Å². The third kappa shape index (κ3) is 3.99. The Morgan fingerprint density at radius 3 is 2.58 bits per heavy atom. The summed E-state index contributed by atoms with van der Waals surface area (Å²) in [5.74, 6) is -2.14. The quantitative estimate of drug-likeness (QED) is 0.603. The largest absolute Gasteiger partial charge is 0.494 e. The molecule has 0 amide bonds. The van der Waals surface area contributed by atoms with E-state index in [-0.39, 0.29) is 4.90 Å². The molecular formula is C17H16F2N2O3S2. The Balaban J connectivity index is 1.70. The molecule has 3 rings (SSSR count).